The van der Waals surface area contributed by atoms with E-state index in [1.54, 1.807) is 18.8 Å². The van der Waals surface area contributed by atoms with Gasteiger partial charge in [-0.1, -0.05) is 219 Å². The van der Waals surface area contributed by atoms with Crippen LogP contribution in [-0.4, -0.2) is 212 Å². The van der Waals surface area contributed by atoms with Gasteiger partial charge in [0.05, 0.1) is 45.0 Å². The molecule has 0 spiro atoms. The lowest BCUT2D eigenvalue weighted by atomic mass is 9.81. The molecule has 5 aliphatic carbocycles. The monoisotopic (exact) mass is 1720 g/mol. The number of likely N-dealkylation sites (N-methyl/N-ethyl adjacent to an activating group) is 2. The molecule has 2 aliphatic heterocycles. The number of nitrogens with zero attached hydrogens (tertiary/aromatic N) is 9. The Balaban J connectivity index is 0. The highest BCUT2D eigenvalue weighted by atomic mass is 35.5. The van der Waals surface area contributed by atoms with Crippen LogP contribution in [0.3, 0.4) is 0 Å². The summed E-state index contributed by atoms with van der Waals surface area (Å²) >= 11 is 18.0. The van der Waals surface area contributed by atoms with Gasteiger partial charge in [0.25, 0.3) is 0 Å². The number of benzene rings is 1. The zero-order valence-electron chi connectivity index (χ0n) is 82.9. The maximum Gasteiger partial charge on any atom is 0.120 e. The summed E-state index contributed by atoms with van der Waals surface area (Å²) in [6.07, 6.45) is 47.7. The zero-order chi connectivity index (χ0) is 90.0. The highest BCUT2D eigenvalue weighted by Crippen LogP contribution is 2.34. The molecule has 13 nitrogen and oxygen atoms in total. The van der Waals surface area contributed by atoms with Crippen molar-refractivity contribution in [1.29, 1.82) is 0 Å². The average molecular weight is 1730 g/mol. The van der Waals surface area contributed by atoms with Gasteiger partial charge in [0.15, 0.2) is 0 Å². The minimum absolute atomic E-state index is 0.490. The van der Waals surface area contributed by atoms with Crippen molar-refractivity contribution in [2.75, 3.05) is 145 Å². The van der Waals surface area contributed by atoms with E-state index in [1.165, 1.54) is 202 Å². The molecule has 0 amide bonds. The molecule has 12 rings (SSSR count). The first-order valence-corrected chi connectivity index (χ1v) is 48.1. The van der Waals surface area contributed by atoms with Crippen LogP contribution >= 0.6 is 34.8 Å². The van der Waals surface area contributed by atoms with Gasteiger partial charge in [0.1, 0.15) is 28.8 Å². The molecule has 5 fully saturated rings. The molecule has 7 atom stereocenters. The maximum absolute atomic E-state index is 6.08. The Labute approximate surface area is 752 Å². The molecule has 1 aromatic carbocycles. The molecule has 119 heavy (non-hydrogen) atoms. The number of hydrogen-bond donors (Lipinski definition) is 0. The molecule has 7 unspecified atom stereocenters. The van der Waals surface area contributed by atoms with Crippen molar-refractivity contribution in [2.24, 2.45) is 41.4 Å². The molecular formula is C103H190Cl3N9O4. The Morgan fingerprint density at radius 1 is 0.437 bits per heavy atom. The van der Waals surface area contributed by atoms with Gasteiger partial charge in [-0.3, -0.25) is 9.80 Å². The highest BCUT2D eigenvalue weighted by molar-refractivity contribution is 6.21. The highest BCUT2D eigenvalue weighted by Gasteiger charge is 2.22. The Kier molecular flexibility index (Phi) is 73.5. The molecule has 5 aromatic rings. The second-order valence-corrected chi connectivity index (χ2v) is 38.8. The summed E-state index contributed by atoms with van der Waals surface area (Å²) in [7, 11) is 32.9. The average Bonchev–Trinajstić information content (AvgIpc) is 1.77. The Morgan fingerprint density at radius 2 is 0.975 bits per heavy atom. The SMILES string of the molecule is CC1=CCN(C)C1.CC1C=CCN1C.CCC1CCC(C)CC1.CCC1CCC(Cl)CC1.CCC1CCCC(C)C1.CCC1CCCC(Cl)C1.CCC1CCCCC1Cl.CCCN(C)C.CCN(C)C.CN(C)Cc1ccccc1.CN(C)Cc1ccco1.Cc1ccc(CN(C)C)o1.Cc1ccoc1CN(C)C.Cc1coc(CN(C)C)c1. The maximum atomic E-state index is 6.08. The first-order chi connectivity index (χ1) is 56.4. The fourth-order valence-corrected chi connectivity index (χ4v) is 15.9. The van der Waals surface area contributed by atoms with Crippen molar-refractivity contribution >= 4 is 34.8 Å². The molecule has 0 radical (unpaired) electrons. The quantitative estimate of drug-likeness (QED) is 0.0617. The third-order valence-corrected chi connectivity index (χ3v) is 24.2. The Hall–Kier alpha value is -3.67. The second-order valence-electron chi connectivity index (χ2n) is 37.1. The third-order valence-electron chi connectivity index (χ3n) is 22.7. The van der Waals surface area contributed by atoms with Gasteiger partial charge in [-0.25, -0.2) is 0 Å². The van der Waals surface area contributed by atoms with Crippen LogP contribution in [0.5, 0.6) is 0 Å². The van der Waals surface area contributed by atoms with E-state index >= 15 is 0 Å². The summed E-state index contributed by atoms with van der Waals surface area (Å²) in [4.78, 5) is 19.4. The summed E-state index contributed by atoms with van der Waals surface area (Å²) in [6.45, 7) is 41.3. The molecule has 692 valence electrons. The van der Waals surface area contributed by atoms with Crippen LogP contribution in [0.15, 0.2) is 127 Å². The topological polar surface area (TPSA) is 81.7 Å². The van der Waals surface area contributed by atoms with Gasteiger partial charge in [0.2, 0.25) is 0 Å². The lowest BCUT2D eigenvalue weighted by Gasteiger charge is -2.25. The Bertz CT molecular complexity index is 2940. The first kappa shape index (κ1) is 117. The van der Waals surface area contributed by atoms with Crippen LogP contribution in [0.2, 0.25) is 0 Å². The number of hydrogen-bond acceptors (Lipinski definition) is 13. The first-order valence-electron chi connectivity index (χ1n) is 46.8. The van der Waals surface area contributed by atoms with E-state index in [9.17, 15) is 0 Å². The van der Waals surface area contributed by atoms with Crippen molar-refractivity contribution in [3.63, 3.8) is 0 Å². The van der Waals surface area contributed by atoms with E-state index in [0.29, 0.717) is 22.2 Å². The zero-order valence-corrected chi connectivity index (χ0v) is 85.2. The summed E-state index contributed by atoms with van der Waals surface area (Å²) in [6, 6.07) is 23.0. The van der Waals surface area contributed by atoms with Crippen molar-refractivity contribution in [3.8, 4) is 0 Å². The van der Waals surface area contributed by atoms with E-state index in [-0.39, 0.29) is 0 Å². The second kappa shape index (κ2) is 74.6. The fraction of sp³-hybridized carbons (Fsp3) is 0.748. The van der Waals surface area contributed by atoms with Gasteiger partial charge in [-0.15, -0.1) is 34.8 Å². The largest absolute Gasteiger partial charge is 0.468 e. The summed E-state index contributed by atoms with van der Waals surface area (Å²) in [5.74, 6) is 12.0. The van der Waals surface area contributed by atoms with Crippen LogP contribution in [0.25, 0.3) is 0 Å². The van der Waals surface area contributed by atoms with E-state index in [4.69, 9.17) is 52.5 Å². The summed E-state index contributed by atoms with van der Waals surface area (Å²) in [5, 5.41) is 1.47. The molecule has 5 saturated carbocycles. The minimum Gasteiger partial charge on any atom is -0.468 e. The van der Waals surface area contributed by atoms with Crippen molar-refractivity contribution < 1.29 is 17.7 Å². The third kappa shape index (κ3) is 69.3. The molecule has 7 aliphatic rings. The predicted molar refractivity (Wildman–Crippen MR) is 526 cm³/mol. The van der Waals surface area contributed by atoms with Gasteiger partial charge < -0.3 is 52.0 Å². The molecule has 4 aromatic heterocycles. The fourth-order valence-electron chi connectivity index (χ4n) is 14.8. The van der Waals surface area contributed by atoms with E-state index in [2.05, 4.69) is 232 Å². The van der Waals surface area contributed by atoms with E-state index < -0.39 is 0 Å². The number of furan rings is 4. The summed E-state index contributed by atoms with van der Waals surface area (Å²) < 4.78 is 20.9. The van der Waals surface area contributed by atoms with Gasteiger partial charge >= 0.3 is 0 Å². The number of rotatable bonds is 18. The van der Waals surface area contributed by atoms with E-state index in [0.717, 1.165) is 123 Å². The minimum atomic E-state index is 0.490. The lowest BCUT2D eigenvalue weighted by Crippen LogP contribution is -2.21. The van der Waals surface area contributed by atoms with Crippen LogP contribution in [0.4, 0.5) is 0 Å². The number of halogens is 3. The molecule has 0 bridgehead atoms. The standard InChI is InChI=1S/C9H13N.2C9H18.3C8H15Cl.3C8H13NO.C7H11NO.2C6H11N.C5H13N.C4H11N/c1-10(2)8-9-6-4-3-5-7-9;1-3-9-6-4-8(2)5-7-9;1-3-9-6-4-5-8(2)7-9;1-2-7-3-5-8(9)6-4-7;1-2-7-4-3-5-8(9)6-7;1-2-7-5-3-4-6-8(7)9;1-7-4-8(10-6-7)5-9(2)3;1-7-4-5-10-8(7)6-9(2)3;1-7-4-5-8(10-7)6-9(2)3;1-8(2)6-7-4-3-5-9-7;1-6-3-4-7(2)5-6;1-6-4-3-5-7(6)2;1-4-5-6(2)3;1-4-5(2)3/h3-7H,8H2,1-2H3;2*8-9H,3-7H2,1-2H3;3*7-8H,2-6H2,1H3;4,6H,5H2,1-3H3;2*4-5H,6H2,1-3H3;3-5H,6H2,1-2H3;3H,4-5H2,1-2H3;3-4,6H,5H2,1-2H3;4-5H2,1-3H3;4H2,1-3H3. The van der Waals surface area contributed by atoms with Crippen LogP contribution < -0.4 is 0 Å². The van der Waals surface area contributed by atoms with E-state index in [1.807, 2.05) is 107 Å². The lowest BCUT2D eigenvalue weighted by molar-refractivity contribution is 0.276. The van der Waals surface area contributed by atoms with Crippen molar-refractivity contribution in [3.05, 3.63) is 155 Å². The van der Waals surface area contributed by atoms with Crippen LogP contribution in [0, 0.1) is 62.2 Å². The van der Waals surface area contributed by atoms with Gasteiger partial charge in [-0.2, -0.15) is 0 Å². The molecule has 0 saturated heterocycles. The van der Waals surface area contributed by atoms with Crippen molar-refractivity contribution in [1.82, 2.24) is 44.1 Å². The van der Waals surface area contributed by atoms with Crippen LogP contribution in [0.1, 0.15) is 289 Å². The Morgan fingerprint density at radius 3 is 1.32 bits per heavy atom. The number of aryl methyl sites for hydroxylation is 3. The smallest absolute Gasteiger partial charge is 0.120 e. The molecule has 0 N–H and O–H groups in total. The van der Waals surface area contributed by atoms with Gasteiger partial charge in [0, 0.05) is 48.4 Å². The number of alkyl halides is 3. The van der Waals surface area contributed by atoms with Gasteiger partial charge in [-0.05, 0) is 319 Å². The normalized spacial score (nSPS) is 22.4. The summed E-state index contributed by atoms with van der Waals surface area (Å²) in [5.41, 5.74) is 5.29. The molecule has 16 heteroatoms. The predicted octanol–water partition coefficient (Wildman–Crippen LogP) is 27.3. The van der Waals surface area contributed by atoms with Crippen LogP contribution in [-0.2, 0) is 32.7 Å². The molecular weight excluding hydrogens is 1530 g/mol. The molecule has 6 heterocycles. The van der Waals surface area contributed by atoms with Crippen molar-refractivity contribution in [2.45, 2.75) is 319 Å².